The van der Waals surface area contributed by atoms with Crippen molar-refractivity contribution < 1.29 is 5.11 Å². The van der Waals surface area contributed by atoms with E-state index in [0.29, 0.717) is 6.04 Å². The molecule has 3 heteroatoms. The van der Waals surface area contributed by atoms with Gasteiger partial charge in [-0.05, 0) is 53.0 Å². The summed E-state index contributed by atoms with van der Waals surface area (Å²) >= 11 is 0. The van der Waals surface area contributed by atoms with Crippen LogP contribution in [0.1, 0.15) is 73.1 Å². The Morgan fingerprint density at radius 1 is 1.20 bits per heavy atom. The summed E-state index contributed by atoms with van der Waals surface area (Å²) in [6, 6.07) is 1.92. The zero-order valence-electron chi connectivity index (χ0n) is 14.3. The van der Waals surface area contributed by atoms with Crippen LogP contribution in [0.3, 0.4) is 0 Å². The van der Waals surface area contributed by atoms with E-state index in [4.69, 9.17) is 0 Å². The summed E-state index contributed by atoms with van der Waals surface area (Å²) < 4.78 is 0. The molecule has 2 N–H and O–H groups in total. The highest BCUT2D eigenvalue weighted by molar-refractivity contribution is 4.84. The molecule has 0 aliphatic carbocycles. The Kier molecular flexibility index (Phi) is 7.49. The fourth-order valence-corrected chi connectivity index (χ4v) is 3.62. The Balaban J connectivity index is 2.29. The molecule has 1 saturated heterocycles. The standard InChI is InChI=1S/C17H36N2O/c1-14(2)18-17(5,13-20)11-6-7-12-19-15(3)9-8-10-16(19)4/h14-16,18,20H,6-13H2,1-5H3/t15-,16+,17?. The number of piperidine rings is 1. The van der Waals surface area contributed by atoms with Gasteiger partial charge >= 0.3 is 0 Å². The molecule has 0 saturated carbocycles. The van der Waals surface area contributed by atoms with Gasteiger partial charge in [-0.2, -0.15) is 0 Å². The molecule has 3 atom stereocenters. The third kappa shape index (κ3) is 5.71. The van der Waals surface area contributed by atoms with Gasteiger partial charge in [0.05, 0.1) is 6.61 Å². The van der Waals surface area contributed by atoms with Crippen LogP contribution in [0.5, 0.6) is 0 Å². The lowest BCUT2D eigenvalue weighted by Crippen LogP contribution is -2.49. The van der Waals surface area contributed by atoms with E-state index in [-0.39, 0.29) is 12.1 Å². The molecule has 1 heterocycles. The Hall–Kier alpha value is -0.120. The van der Waals surface area contributed by atoms with E-state index >= 15 is 0 Å². The number of likely N-dealkylation sites (tertiary alicyclic amines) is 1. The normalized spacial score (nSPS) is 27.8. The SMILES string of the molecule is CC(C)NC(C)(CO)CCCCN1[C@H](C)CCC[C@@H]1C. The number of nitrogens with zero attached hydrogens (tertiary/aromatic N) is 1. The summed E-state index contributed by atoms with van der Waals surface area (Å²) in [5.74, 6) is 0. The topological polar surface area (TPSA) is 35.5 Å². The highest BCUT2D eigenvalue weighted by atomic mass is 16.3. The molecule has 3 nitrogen and oxygen atoms in total. The minimum atomic E-state index is -0.118. The van der Waals surface area contributed by atoms with Crippen LogP contribution in [0.25, 0.3) is 0 Å². The lowest BCUT2D eigenvalue weighted by Gasteiger charge is -2.39. The number of aliphatic hydroxyl groups is 1. The van der Waals surface area contributed by atoms with Crippen molar-refractivity contribution in [1.29, 1.82) is 0 Å². The third-order valence-electron chi connectivity index (χ3n) is 4.76. The fraction of sp³-hybridized carbons (Fsp3) is 1.00. The van der Waals surface area contributed by atoms with Crippen LogP contribution >= 0.6 is 0 Å². The van der Waals surface area contributed by atoms with Crippen LogP contribution in [0.2, 0.25) is 0 Å². The summed E-state index contributed by atoms with van der Waals surface area (Å²) in [6.45, 7) is 12.6. The van der Waals surface area contributed by atoms with E-state index in [0.717, 1.165) is 18.5 Å². The highest BCUT2D eigenvalue weighted by Crippen LogP contribution is 2.23. The average Bonchev–Trinajstić information content (AvgIpc) is 2.36. The number of nitrogens with one attached hydrogen (secondary N) is 1. The zero-order valence-corrected chi connectivity index (χ0v) is 14.3. The first-order valence-electron chi connectivity index (χ1n) is 8.52. The molecule has 1 rings (SSSR count). The molecule has 0 aromatic heterocycles. The predicted octanol–water partition coefficient (Wildman–Crippen LogP) is 3.17. The van der Waals surface area contributed by atoms with Crippen LogP contribution in [0.4, 0.5) is 0 Å². The number of hydrogen-bond donors (Lipinski definition) is 2. The van der Waals surface area contributed by atoms with Crippen molar-refractivity contribution in [2.75, 3.05) is 13.2 Å². The first-order chi connectivity index (χ1) is 9.38. The van der Waals surface area contributed by atoms with Crippen LogP contribution in [0.15, 0.2) is 0 Å². The average molecular weight is 284 g/mol. The number of unbranched alkanes of at least 4 members (excludes halogenated alkanes) is 1. The molecule has 20 heavy (non-hydrogen) atoms. The van der Waals surface area contributed by atoms with E-state index in [9.17, 15) is 5.11 Å². The van der Waals surface area contributed by atoms with Crippen LogP contribution in [-0.2, 0) is 0 Å². The van der Waals surface area contributed by atoms with Gasteiger partial charge < -0.3 is 10.4 Å². The molecule has 1 aliphatic rings. The highest BCUT2D eigenvalue weighted by Gasteiger charge is 2.25. The first kappa shape index (κ1) is 17.9. The summed E-state index contributed by atoms with van der Waals surface area (Å²) in [7, 11) is 0. The predicted molar refractivity (Wildman–Crippen MR) is 87.1 cm³/mol. The lowest BCUT2D eigenvalue weighted by atomic mass is 9.93. The molecule has 1 aliphatic heterocycles. The van der Waals surface area contributed by atoms with Gasteiger partial charge in [0.1, 0.15) is 0 Å². The van der Waals surface area contributed by atoms with E-state index in [1.807, 2.05) is 0 Å². The minimum absolute atomic E-state index is 0.118. The van der Waals surface area contributed by atoms with Gasteiger partial charge in [0, 0.05) is 23.7 Å². The van der Waals surface area contributed by atoms with Gasteiger partial charge in [0.15, 0.2) is 0 Å². The van der Waals surface area contributed by atoms with Crippen LogP contribution < -0.4 is 5.32 Å². The molecule has 1 unspecified atom stereocenters. The van der Waals surface area contributed by atoms with E-state index in [2.05, 4.69) is 44.8 Å². The van der Waals surface area contributed by atoms with Crippen LogP contribution in [-0.4, -0.2) is 46.8 Å². The monoisotopic (exact) mass is 284 g/mol. The third-order valence-corrected chi connectivity index (χ3v) is 4.76. The van der Waals surface area contributed by atoms with E-state index in [1.165, 1.54) is 38.6 Å². The Labute approximate surface area is 126 Å². The molecule has 1 fully saturated rings. The van der Waals surface area contributed by atoms with Gasteiger partial charge in [0.25, 0.3) is 0 Å². The van der Waals surface area contributed by atoms with Crippen LogP contribution in [0, 0.1) is 0 Å². The molecular weight excluding hydrogens is 248 g/mol. The van der Waals surface area contributed by atoms with Crippen molar-refractivity contribution in [3.8, 4) is 0 Å². The molecule has 0 bridgehead atoms. The maximum absolute atomic E-state index is 9.59. The quantitative estimate of drug-likeness (QED) is 0.672. The second-order valence-corrected chi connectivity index (χ2v) is 7.34. The summed E-state index contributed by atoms with van der Waals surface area (Å²) in [5.41, 5.74) is -0.118. The van der Waals surface area contributed by atoms with Crippen molar-refractivity contribution in [2.45, 2.75) is 96.8 Å². The summed E-state index contributed by atoms with van der Waals surface area (Å²) in [5, 5.41) is 13.1. The molecule has 0 aromatic carbocycles. The van der Waals surface area contributed by atoms with Crippen molar-refractivity contribution >= 4 is 0 Å². The largest absolute Gasteiger partial charge is 0.394 e. The van der Waals surface area contributed by atoms with Gasteiger partial charge in [-0.1, -0.05) is 26.7 Å². The van der Waals surface area contributed by atoms with E-state index in [1.54, 1.807) is 0 Å². The molecule has 120 valence electrons. The van der Waals surface area contributed by atoms with Crippen molar-refractivity contribution in [1.82, 2.24) is 10.2 Å². The molecule has 0 radical (unpaired) electrons. The van der Waals surface area contributed by atoms with Gasteiger partial charge in [-0.25, -0.2) is 0 Å². The molecule has 0 aromatic rings. The van der Waals surface area contributed by atoms with Gasteiger partial charge in [-0.3, -0.25) is 4.90 Å². The van der Waals surface area contributed by atoms with Gasteiger partial charge in [-0.15, -0.1) is 0 Å². The maximum atomic E-state index is 9.59. The lowest BCUT2D eigenvalue weighted by molar-refractivity contribution is 0.0979. The number of aliphatic hydroxyl groups excluding tert-OH is 1. The molecule has 0 amide bonds. The fourth-order valence-electron chi connectivity index (χ4n) is 3.62. The Morgan fingerprint density at radius 2 is 1.80 bits per heavy atom. The minimum Gasteiger partial charge on any atom is -0.394 e. The Morgan fingerprint density at radius 3 is 2.30 bits per heavy atom. The molecular formula is C17H36N2O. The number of rotatable bonds is 8. The first-order valence-corrected chi connectivity index (χ1v) is 8.52. The second-order valence-electron chi connectivity index (χ2n) is 7.34. The van der Waals surface area contributed by atoms with Crippen molar-refractivity contribution in [3.63, 3.8) is 0 Å². The van der Waals surface area contributed by atoms with Gasteiger partial charge in [0.2, 0.25) is 0 Å². The summed E-state index contributed by atoms with van der Waals surface area (Å²) in [4.78, 5) is 2.68. The number of hydrogen-bond acceptors (Lipinski definition) is 3. The van der Waals surface area contributed by atoms with E-state index < -0.39 is 0 Å². The van der Waals surface area contributed by atoms with Crippen molar-refractivity contribution in [2.24, 2.45) is 0 Å². The zero-order chi connectivity index (χ0) is 15.2. The maximum Gasteiger partial charge on any atom is 0.0610 e. The Bertz CT molecular complexity index is 260. The second kappa shape index (κ2) is 8.35. The summed E-state index contributed by atoms with van der Waals surface area (Å²) in [6.07, 6.45) is 7.58. The smallest absolute Gasteiger partial charge is 0.0610 e. The molecule has 0 spiro atoms. The van der Waals surface area contributed by atoms with Crippen molar-refractivity contribution in [3.05, 3.63) is 0 Å².